The Morgan fingerprint density at radius 2 is 1.22 bits per heavy atom. The van der Waals surface area contributed by atoms with Crippen molar-refractivity contribution in [3.63, 3.8) is 0 Å². The molecule has 18 heavy (non-hydrogen) atoms. The summed E-state index contributed by atoms with van der Waals surface area (Å²) in [6, 6.07) is 8.40. The molecule has 0 saturated heterocycles. The number of benzene rings is 1. The minimum absolute atomic E-state index is 0.125. The summed E-state index contributed by atoms with van der Waals surface area (Å²) in [7, 11) is 0. The second-order valence-electron chi connectivity index (χ2n) is 7.00. The van der Waals surface area contributed by atoms with Crippen LogP contribution in [0.25, 0.3) is 0 Å². The Labute approximate surface area is 112 Å². The third-order valence-corrected chi connectivity index (χ3v) is 4.89. The van der Waals surface area contributed by atoms with Crippen molar-refractivity contribution in [2.45, 2.75) is 65.9 Å². The van der Waals surface area contributed by atoms with E-state index in [-0.39, 0.29) is 10.8 Å². The Balaban J connectivity index is 3.13. The molecule has 1 rings (SSSR count). The molecule has 0 aromatic heterocycles. The van der Waals surface area contributed by atoms with Crippen LogP contribution in [0.1, 0.15) is 66.0 Å². The SMILES string of the molecule is CCC(C)(C)C(C)(C)c1ccc(C(C)(C)O)cc1. The van der Waals surface area contributed by atoms with E-state index < -0.39 is 5.60 Å². The van der Waals surface area contributed by atoms with Gasteiger partial charge in [0.05, 0.1) is 5.60 Å². The van der Waals surface area contributed by atoms with Crippen LogP contribution in [0.4, 0.5) is 0 Å². The Hall–Kier alpha value is -0.820. The van der Waals surface area contributed by atoms with Gasteiger partial charge in [-0.15, -0.1) is 0 Å². The topological polar surface area (TPSA) is 20.2 Å². The summed E-state index contributed by atoms with van der Waals surface area (Å²) in [5.41, 5.74) is 1.92. The van der Waals surface area contributed by atoms with E-state index in [1.807, 2.05) is 26.0 Å². The summed E-state index contributed by atoms with van der Waals surface area (Å²) in [4.78, 5) is 0. The molecule has 0 saturated carbocycles. The van der Waals surface area contributed by atoms with Crippen LogP contribution in [-0.2, 0) is 11.0 Å². The summed E-state index contributed by atoms with van der Waals surface area (Å²) in [6.07, 6.45) is 1.15. The van der Waals surface area contributed by atoms with Gasteiger partial charge in [0, 0.05) is 0 Å². The fourth-order valence-corrected chi connectivity index (χ4v) is 2.13. The van der Waals surface area contributed by atoms with Crippen molar-refractivity contribution < 1.29 is 5.11 Å². The van der Waals surface area contributed by atoms with E-state index in [2.05, 4.69) is 46.8 Å². The maximum absolute atomic E-state index is 9.99. The second-order valence-corrected chi connectivity index (χ2v) is 7.00. The van der Waals surface area contributed by atoms with E-state index in [0.717, 1.165) is 12.0 Å². The zero-order valence-corrected chi connectivity index (χ0v) is 13.0. The summed E-state index contributed by atoms with van der Waals surface area (Å²) in [6.45, 7) is 15.1. The number of hydrogen-bond acceptors (Lipinski definition) is 1. The van der Waals surface area contributed by atoms with Crippen molar-refractivity contribution in [2.75, 3.05) is 0 Å². The van der Waals surface area contributed by atoms with Crippen LogP contribution in [0.5, 0.6) is 0 Å². The maximum Gasteiger partial charge on any atom is 0.0840 e. The van der Waals surface area contributed by atoms with Crippen molar-refractivity contribution in [3.8, 4) is 0 Å². The van der Waals surface area contributed by atoms with Gasteiger partial charge in [-0.3, -0.25) is 0 Å². The molecule has 1 N–H and O–H groups in total. The van der Waals surface area contributed by atoms with Crippen LogP contribution < -0.4 is 0 Å². The summed E-state index contributed by atoms with van der Waals surface area (Å²) >= 11 is 0. The number of hydrogen-bond donors (Lipinski definition) is 1. The zero-order valence-electron chi connectivity index (χ0n) is 13.0. The summed E-state index contributed by atoms with van der Waals surface area (Å²) < 4.78 is 0. The number of rotatable bonds is 4. The molecule has 1 aromatic carbocycles. The van der Waals surface area contributed by atoms with E-state index in [1.54, 1.807) is 0 Å². The average molecular weight is 248 g/mol. The Morgan fingerprint density at radius 3 is 1.56 bits per heavy atom. The van der Waals surface area contributed by atoms with Crippen molar-refractivity contribution >= 4 is 0 Å². The molecule has 102 valence electrons. The van der Waals surface area contributed by atoms with Crippen LogP contribution in [-0.4, -0.2) is 5.11 Å². The standard InChI is InChI=1S/C17H28O/c1-8-15(2,3)16(4,5)13-9-11-14(12-10-13)17(6,7)18/h9-12,18H,8H2,1-7H3. The molecule has 0 aliphatic rings. The molecule has 0 unspecified atom stereocenters. The van der Waals surface area contributed by atoms with Gasteiger partial charge in [-0.05, 0) is 35.8 Å². The first kappa shape index (κ1) is 15.2. The highest BCUT2D eigenvalue weighted by Crippen LogP contribution is 2.43. The van der Waals surface area contributed by atoms with E-state index in [0.29, 0.717) is 0 Å². The predicted octanol–water partition coefficient (Wildman–Crippen LogP) is 4.63. The largest absolute Gasteiger partial charge is 0.386 e. The highest BCUT2D eigenvalue weighted by atomic mass is 16.3. The molecule has 0 atom stereocenters. The van der Waals surface area contributed by atoms with Crippen molar-refractivity contribution in [3.05, 3.63) is 35.4 Å². The third kappa shape index (κ3) is 2.77. The molecule has 1 aromatic rings. The van der Waals surface area contributed by atoms with Crippen LogP contribution in [0.2, 0.25) is 0 Å². The van der Waals surface area contributed by atoms with Crippen molar-refractivity contribution in [1.82, 2.24) is 0 Å². The lowest BCUT2D eigenvalue weighted by molar-refractivity contribution is 0.0785. The first-order chi connectivity index (χ1) is 8.02. The molecular weight excluding hydrogens is 220 g/mol. The molecule has 0 radical (unpaired) electrons. The highest BCUT2D eigenvalue weighted by Gasteiger charge is 2.36. The van der Waals surface area contributed by atoms with Crippen molar-refractivity contribution in [2.24, 2.45) is 5.41 Å². The van der Waals surface area contributed by atoms with E-state index in [4.69, 9.17) is 0 Å². The second kappa shape index (κ2) is 4.70. The molecule has 0 amide bonds. The van der Waals surface area contributed by atoms with Crippen molar-refractivity contribution in [1.29, 1.82) is 0 Å². The van der Waals surface area contributed by atoms with Gasteiger partial charge in [0.15, 0.2) is 0 Å². The van der Waals surface area contributed by atoms with E-state index in [9.17, 15) is 5.11 Å². The lowest BCUT2D eigenvalue weighted by atomic mass is 9.63. The van der Waals surface area contributed by atoms with Gasteiger partial charge >= 0.3 is 0 Å². The summed E-state index contributed by atoms with van der Waals surface area (Å²) in [5.74, 6) is 0. The summed E-state index contributed by atoms with van der Waals surface area (Å²) in [5, 5.41) is 9.99. The van der Waals surface area contributed by atoms with E-state index in [1.165, 1.54) is 5.56 Å². The van der Waals surface area contributed by atoms with Gasteiger partial charge < -0.3 is 5.11 Å². The van der Waals surface area contributed by atoms with Crippen LogP contribution in [0, 0.1) is 5.41 Å². The lowest BCUT2D eigenvalue weighted by Crippen LogP contribution is -2.36. The molecule has 1 nitrogen and oxygen atoms in total. The minimum atomic E-state index is -0.761. The minimum Gasteiger partial charge on any atom is -0.386 e. The van der Waals surface area contributed by atoms with Gasteiger partial charge in [-0.1, -0.05) is 65.3 Å². The quantitative estimate of drug-likeness (QED) is 0.823. The Morgan fingerprint density at radius 1 is 0.833 bits per heavy atom. The predicted molar refractivity (Wildman–Crippen MR) is 78.8 cm³/mol. The molecule has 1 heteroatoms. The van der Waals surface area contributed by atoms with Crippen LogP contribution in [0.3, 0.4) is 0 Å². The monoisotopic (exact) mass is 248 g/mol. The molecule has 0 aliphatic carbocycles. The smallest absolute Gasteiger partial charge is 0.0840 e. The first-order valence-electron chi connectivity index (χ1n) is 6.86. The fraction of sp³-hybridized carbons (Fsp3) is 0.647. The lowest BCUT2D eigenvalue weighted by Gasteiger charge is -2.42. The fourth-order valence-electron chi connectivity index (χ4n) is 2.13. The third-order valence-electron chi connectivity index (χ3n) is 4.89. The molecule has 0 bridgehead atoms. The molecule has 0 spiro atoms. The van der Waals surface area contributed by atoms with E-state index >= 15 is 0 Å². The maximum atomic E-state index is 9.99. The van der Waals surface area contributed by atoms with Crippen LogP contribution >= 0.6 is 0 Å². The van der Waals surface area contributed by atoms with Gasteiger partial charge in [0.1, 0.15) is 0 Å². The van der Waals surface area contributed by atoms with Crippen LogP contribution in [0.15, 0.2) is 24.3 Å². The first-order valence-corrected chi connectivity index (χ1v) is 6.86. The Bertz CT molecular complexity index is 391. The molecule has 0 aliphatic heterocycles. The van der Waals surface area contributed by atoms with Gasteiger partial charge in [-0.25, -0.2) is 0 Å². The zero-order chi connectivity index (χ0) is 14.2. The van der Waals surface area contributed by atoms with Gasteiger partial charge in [-0.2, -0.15) is 0 Å². The van der Waals surface area contributed by atoms with Gasteiger partial charge in [0.2, 0.25) is 0 Å². The highest BCUT2D eigenvalue weighted by molar-refractivity contribution is 5.32. The number of aliphatic hydroxyl groups is 1. The molecule has 0 heterocycles. The molecular formula is C17H28O. The molecule has 0 fully saturated rings. The average Bonchev–Trinajstić information content (AvgIpc) is 2.27. The van der Waals surface area contributed by atoms with Gasteiger partial charge in [0.25, 0.3) is 0 Å². The normalized spacial score (nSPS) is 13.8. The Kier molecular flexibility index (Phi) is 3.97.